The van der Waals surface area contributed by atoms with Crippen LogP contribution in [0.5, 0.6) is 11.5 Å². The molecule has 1 saturated heterocycles. The Bertz CT molecular complexity index is 1170. The van der Waals surface area contributed by atoms with Crippen molar-refractivity contribution in [3.8, 4) is 11.5 Å². The minimum absolute atomic E-state index is 0. The molecule has 0 aromatic heterocycles. The molecule has 0 radical (unpaired) electrons. The Morgan fingerprint density at radius 3 is 2.29 bits per heavy atom. The second kappa shape index (κ2) is 25.3. The molecule has 280 valence electrons. The van der Waals surface area contributed by atoms with Crippen molar-refractivity contribution in [1.29, 1.82) is 0 Å². The fraction of sp³-hybridized carbons (Fsp3) is 0.765. The average molecular weight is 743 g/mol. The normalized spacial score (nSPS) is 15.9. The van der Waals surface area contributed by atoms with E-state index in [0.717, 1.165) is 44.8 Å². The molecular formula is C34H61Cl2N3O8S. The Kier molecular flexibility index (Phi) is 24.5. The minimum atomic E-state index is -2.23. The van der Waals surface area contributed by atoms with Crippen LogP contribution in [0, 0.1) is 23.7 Å². The summed E-state index contributed by atoms with van der Waals surface area (Å²) in [4.78, 5) is 15.7. The largest absolute Gasteiger partial charge is 0.490 e. The SMILES string of the molecule is COCCCOc1cc(C[C@@H](C[C@H](N)[C@@H](O)C[C@H](C(=O)NCCN2CCOCC2)C(C)C)C(C)C)ccc1OCCC(C)=S(=O)=O.Cl.Cl. The molecule has 0 saturated carbocycles. The second-order valence-corrected chi connectivity index (χ2v) is 14.2. The van der Waals surface area contributed by atoms with Gasteiger partial charge in [0.2, 0.25) is 16.2 Å². The number of amides is 1. The number of halogens is 2. The van der Waals surface area contributed by atoms with Crippen molar-refractivity contribution >= 4 is 45.9 Å². The van der Waals surface area contributed by atoms with E-state index in [4.69, 9.17) is 24.7 Å². The molecule has 0 spiro atoms. The smallest absolute Gasteiger partial charge is 0.223 e. The lowest BCUT2D eigenvalue weighted by Crippen LogP contribution is -2.45. The molecule has 14 heteroatoms. The maximum absolute atomic E-state index is 13.1. The number of nitrogens with two attached hydrogens (primary N) is 1. The molecule has 2 rings (SSSR count). The van der Waals surface area contributed by atoms with E-state index in [9.17, 15) is 18.3 Å². The van der Waals surface area contributed by atoms with Crippen molar-refractivity contribution in [2.45, 2.75) is 78.9 Å². The molecule has 4 atom stereocenters. The van der Waals surface area contributed by atoms with Gasteiger partial charge in [-0.1, -0.05) is 33.8 Å². The Hall–Kier alpha value is -1.64. The highest BCUT2D eigenvalue weighted by atomic mass is 35.5. The average Bonchev–Trinajstić information content (AvgIpc) is 3.02. The molecule has 0 unspecified atom stereocenters. The Balaban J connectivity index is 0.0000110. The zero-order valence-electron chi connectivity index (χ0n) is 29.6. The van der Waals surface area contributed by atoms with Crippen molar-refractivity contribution < 1.29 is 37.3 Å². The number of benzene rings is 1. The predicted octanol–water partition coefficient (Wildman–Crippen LogP) is 3.79. The summed E-state index contributed by atoms with van der Waals surface area (Å²) >= 11 is 0. The fourth-order valence-corrected chi connectivity index (χ4v) is 5.75. The number of carbonyl (C=O) groups excluding carboxylic acids is 1. The summed E-state index contributed by atoms with van der Waals surface area (Å²) in [6.45, 7) is 15.7. The van der Waals surface area contributed by atoms with Gasteiger partial charge in [-0.3, -0.25) is 9.69 Å². The van der Waals surface area contributed by atoms with Gasteiger partial charge in [0, 0.05) is 69.6 Å². The standard InChI is InChI=1S/C34H59N3O8S.2ClH/c1-24(2)28(20-27-8-9-32(45-17-10-26(5)46(40)41)33(21-27)44-16-7-15-42-6)22-30(35)31(38)23-29(25(3)4)34(39)36-11-12-37-13-18-43-19-14-37;;/h8-9,21,24-25,28-31,38H,7,10-20,22-23,35H2,1-6H3,(H,36,39);2*1H/t28-,29-,30-,31-;;/m0../s1. The fourth-order valence-electron chi connectivity index (χ4n) is 5.50. The first kappa shape index (κ1) is 46.4. The number of nitrogens with zero attached hydrogens (tertiary/aromatic N) is 1. The summed E-state index contributed by atoms with van der Waals surface area (Å²) in [6, 6.07) is 5.35. The highest BCUT2D eigenvalue weighted by molar-refractivity contribution is 7.72. The van der Waals surface area contributed by atoms with Crippen LogP contribution < -0.4 is 20.5 Å². The third-order valence-corrected chi connectivity index (χ3v) is 9.51. The summed E-state index contributed by atoms with van der Waals surface area (Å²) in [5.74, 6) is 1.34. The Morgan fingerprint density at radius 2 is 1.69 bits per heavy atom. The third-order valence-electron chi connectivity index (χ3n) is 8.73. The van der Waals surface area contributed by atoms with Gasteiger partial charge in [0.05, 0.1) is 32.5 Å². The summed E-state index contributed by atoms with van der Waals surface area (Å²) < 4.78 is 44.8. The molecule has 1 fully saturated rings. The summed E-state index contributed by atoms with van der Waals surface area (Å²) in [5.41, 5.74) is 7.66. The van der Waals surface area contributed by atoms with Crippen molar-refractivity contribution in [2.75, 3.05) is 66.3 Å². The van der Waals surface area contributed by atoms with Crippen molar-refractivity contribution in [1.82, 2.24) is 10.2 Å². The topological polar surface area (TPSA) is 150 Å². The van der Waals surface area contributed by atoms with Gasteiger partial charge in [-0.05, 0) is 61.6 Å². The van der Waals surface area contributed by atoms with E-state index in [0.29, 0.717) is 67.7 Å². The molecule has 1 heterocycles. The Morgan fingerprint density at radius 1 is 1.02 bits per heavy atom. The highest BCUT2D eigenvalue weighted by Crippen LogP contribution is 2.32. The number of hydrogen-bond donors (Lipinski definition) is 3. The van der Waals surface area contributed by atoms with Gasteiger partial charge < -0.3 is 35.1 Å². The van der Waals surface area contributed by atoms with Crippen LogP contribution in [0.3, 0.4) is 0 Å². The van der Waals surface area contributed by atoms with Gasteiger partial charge in [-0.15, -0.1) is 24.8 Å². The van der Waals surface area contributed by atoms with E-state index in [2.05, 4.69) is 24.1 Å². The zero-order chi connectivity index (χ0) is 34.1. The molecule has 1 aromatic carbocycles. The first-order valence-corrected chi connectivity index (χ1v) is 17.8. The van der Waals surface area contributed by atoms with E-state index >= 15 is 0 Å². The maximum atomic E-state index is 13.1. The molecular weight excluding hydrogens is 681 g/mol. The summed E-state index contributed by atoms with van der Waals surface area (Å²) in [5, 5.41) is 14.2. The number of hydrogen-bond acceptors (Lipinski definition) is 10. The van der Waals surface area contributed by atoms with E-state index in [1.165, 1.54) is 0 Å². The van der Waals surface area contributed by atoms with Gasteiger partial charge in [-0.25, -0.2) is 0 Å². The molecule has 1 aliphatic rings. The summed E-state index contributed by atoms with van der Waals surface area (Å²) in [7, 11) is -0.581. The van der Waals surface area contributed by atoms with Gasteiger partial charge >= 0.3 is 0 Å². The molecule has 0 aliphatic carbocycles. The number of morpholine rings is 1. The lowest BCUT2D eigenvalue weighted by atomic mass is 9.81. The molecule has 11 nitrogen and oxygen atoms in total. The number of carbonyl (C=O) groups is 1. The monoisotopic (exact) mass is 741 g/mol. The number of aliphatic hydroxyl groups excluding tert-OH is 1. The van der Waals surface area contributed by atoms with Gasteiger partial charge in [0.25, 0.3) is 0 Å². The van der Waals surface area contributed by atoms with Crippen molar-refractivity contribution in [2.24, 2.45) is 29.4 Å². The van der Waals surface area contributed by atoms with Gasteiger partial charge in [-0.2, -0.15) is 8.42 Å². The first-order valence-electron chi connectivity index (χ1n) is 16.7. The highest BCUT2D eigenvalue weighted by Gasteiger charge is 2.30. The third kappa shape index (κ3) is 17.3. The van der Waals surface area contributed by atoms with Crippen LogP contribution in [-0.4, -0.2) is 108 Å². The number of rotatable bonds is 22. The van der Waals surface area contributed by atoms with Crippen molar-refractivity contribution in [3.63, 3.8) is 0 Å². The van der Waals surface area contributed by atoms with E-state index in [-0.39, 0.29) is 55.1 Å². The molecule has 1 aromatic rings. The predicted molar refractivity (Wildman–Crippen MR) is 196 cm³/mol. The lowest BCUT2D eigenvalue weighted by Gasteiger charge is -2.30. The number of aliphatic hydroxyl groups is 1. The van der Waals surface area contributed by atoms with E-state index in [1.807, 2.05) is 32.0 Å². The molecule has 4 N–H and O–H groups in total. The van der Waals surface area contributed by atoms with Crippen LogP contribution in [0.1, 0.15) is 65.9 Å². The van der Waals surface area contributed by atoms with Crippen LogP contribution in [0.25, 0.3) is 0 Å². The molecule has 1 aliphatic heterocycles. The van der Waals surface area contributed by atoms with Crippen LogP contribution >= 0.6 is 24.8 Å². The maximum Gasteiger partial charge on any atom is 0.223 e. The first-order chi connectivity index (χ1) is 21.9. The van der Waals surface area contributed by atoms with E-state index < -0.39 is 22.4 Å². The van der Waals surface area contributed by atoms with Gasteiger partial charge in [0.15, 0.2) is 11.5 Å². The van der Waals surface area contributed by atoms with Gasteiger partial charge in [0.1, 0.15) is 0 Å². The zero-order valence-corrected chi connectivity index (χ0v) is 32.1. The quantitative estimate of drug-likeness (QED) is 0.118. The van der Waals surface area contributed by atoms with Crippen LogP contribution in [0.4, 0.5) is 0 Å². The van der Waals surface area contributed by atoms with Crippen LogP contribution in [0.15, 0.2) is 18.2 Å². The Labute approximate surface area is 302 Å². The number of nitrogens with one attached hydrogen (secondary N) is 1. The van der Waals surface area contributed by atoms with Crippen LogP contribution in [-0.2, 0) is 31.0 Å². The number of methoxy groups -OCH3 is 1. The minimum Gasteiger partial charge on any atom is -0.490 e. The lowest BCUT2D eigenvalue weighted by molar-refractivity contribution is -0.127. The van der Waals surface area contributed by atoms with E-state index in [1.54, 1.807) is 14.0 Å². The second-order valence-electron chi connectivity index (χ2n) is 13.0. The molecule has 48 heavy (non-hydrogen) atoms. The molecule has 1 amide bonds. The molecule has 0 bridgehead atoms. The van der Waals surface area contributed by atoms with Crippen LogP contribution in [0.2, 0.25) is 0 Å². The van der Waals surface area contributed by atoms with Crippen molar-refractivity contribution in [3.05, 3.63) is 23.8 Å². The summed E-state index contributed by atoms with van der Waals surface area (Å²) in [6.07, 6.45) is 1.85. The number of ether oxygens (including phenoxy) is 4.